The highest BCUT2D eigenvalue weighted by Crippen LogP contribution is 2.17. The number of aromatic nitrogens is 2. The lowest BCUT2D eigenvalue weighted by molar-refractivity contribution is -0.134. The third-order valence-corrected chi connectivity index (χ3v) is 2.40. The van der Waals surface area contributed by atoms with E-state index in [9.17, 15) is 4.79 Å². The fraction of sp³-hybridized carbons (Fsp3) is 0.125. The standard InChI is InChI=1S/C8H7N3O2S/c12-7(13)3-9-6-2-1-5-8(11-6)10-4-14-5/h1-2,4H,3H2,(H,9,11)(H,12,13). The first-order valence-electron chi connectivity index (χ1n) is 3.91. The minimum atomic E-state index is -0.912. The summed E-state index contributed by atoms with van der Waals surface area (Å²) >= 11 is 1.50. The van der Waals surface area contributed by atoms with Crippen molar-refractivity contribution in [2.45, 2.75) is 0 Å². The molecule has 0 saturated heterocycles. The van der Waals surface area contributed by atoms with Gasteiger partial charge in [-0.3, -0.25) is 4.79 Å². The molecule has 72 valence electrons. The van der Waals surface area contributed by atoms with Crippen LogP contribution in [0, 0.1) is 0 Å². The molecule has 6 heteroatoms. The number of anilines is 1. The summed E-state index contributed by atoms with van der Waals surface area (Å²) in [6, 6.07) is 3.60. The van der Waals surface area contributed by atoms with Crippen LogP contribution in [-0.4, -0.2) is 27.6 Å². The fourth-order valence-electron chi connectivity index (χ4n) is 1.02. The lowest BCUT2D eigenvalue weighted by Gasteiger charge is -2.00. The van der Waals surface area contributed by atoms with Crippen molar-refractivity contribution in [3.63, 3.8) is 0 Å². The lowest BCUT2D eigenvalue weighted by Crippen LogP contribution is -2.12. The van der Waals surface area contributed by atoms with Crippen LogP contribution >= 0.6 is 11.3 Å². The summed E-state index contributed by atoms with van der Waals surface area (Å²) in [7, 11) is 0. The van der Waals surface area contributed by atoms with Gasteiger partial charge in [0, 0.05) is 0 Å². The van der Waals surface area contributed by atoms with Crippen LogP contribution in [0.4, 0.5) is 5.82 Å². The Morgan fingerprint density at radius 2 is 2.43 bits per heavy atom. The predicted octanol–water partition coefficient (Wildman–Crippen LogP) is 1.19. The number of hydrogen-bond acceptors (Lipinski definition) is 5. The Morgan fingerprint density at radius 3 is 3.21 bits per heavy atom. The monoisotopic (exact) mass is 209 g/mol. The molecule has 2 aromatic rings. The van der Waals surface area contributed by atoms with Gasteiger partial charge in [-0.25, -0.2) is 9.97 Å². The lowest BCUT2D eigenvalue weighted by atomic mass is 10.4. The molecule has 0 atom stereocenters. The van der Waals surface area contributed by atoms with E-state index in [0.717, 1.165) is 4.70 Å². The second-order valence-electron chi connectivity index (χ2n) is 2.62. The number of carbonyl (C=O) groups is 1. The molecule has 0 fully saturated rings. The maximum absolute atomic E-state index is 10.3. The van der Waals surface area contributed by atoms with Crippen molar-refractivity contribution in [2.24, 2.45) is 0 Å². The molecule has 0 aliphatic rings. The van der Waals surface area contributed by atoms with Gasteiger partial charge in [0.05, 0.1) is 10.2 Å². The number of rotatable bonds is 3. The molecule has 2 N–H and O–H groups in total. The Labute approximate surface area is 83.4 Å². The van der Waals surface area contributed by atoms with Crippen molar-refractivity contribution >= 4 is 33.5 Å². The van der Waals surface area contributed by atoms with Gasteiger partial charge in [-0.2, -0.15) is 0 Å². The molecule has 5 nitrogen and oxygen atoms in total. The van der Waals surface area contributed by atoms with Crippen LogP contribution in [0.2, 0.25) is 0 Å². The number of carboxylic acids is 1. The Hall–Kier alpha value is -1.69. The van der Waals surface area contributed by atoms with Crippen LogP contribution < -0.4 is 5.32 Å². The van der Waals surface area contributed by atoms with E-state index in [1.807, 2.05) is 6.07 Å². The Balaban J connectivity index is 2.21. The number of nitrogens with one attached hydrogen (secondary N) is 1. The van der Waals surface area contributed by atoms with Gasteiger partial charge in [0.15, 0.2) is 5.65 Å². The second-order valence-corrected chi connectivity index (χ2v) is 3.50. The van der Waals surface area contributed by atoms with Crippen molar-refractivity contribution in [3.05, 3.63) is 17.6 Å². The average Bonchev–Trinajstić information content (AvgIpc) is 2.61. The minimum absolute atomic E-state index is 0.136. The smallest absolute Gasteiger partial charge is 0.322 e. The van der Waals surface area contributed by atoms with E-state index in [1.165, 1.54) is 11.3 Å². The molecule has 0 amide bonds. The molecule has 0 aliphatic carbocycles. The molecule has 2 heterocycles. The number of thiazole rings is 1. The largest absolute Gasteiger partial charge is 0.480 e. The molecule has 0 spiro atoms. The van der Waals surface area contributed by atoms with Crippen LogP contribution in [0.25, 0.3) is 10.3 Å². The van der Waals surface area contributed by atoms with Crippen molar-refractivity contribution < 1.29 is 9.90 Å². The third kappa shape index (κ3) is 1.80. The topological polar surface area (TPSA) is 75.1 Å². The zero-order valence-corrected chi connectivity index (χ0v) is 7.91. The van der Waals surface area contributed by atoms with E-state index < -0.39 is 5.97 Å². The Morgan fingerprint density at radius 1 is 1.57 bits per heavy atom. The van der Waals surface area contributed by atoms with Gasteiger partial charge in [0.25, 0.3) is 0 Å². The molecular formula is C8H7N3O2S. The van der Waals surface area contributed by atoms with Gasteiger partial charge in [-0.1, -0.05) is 0 Å². The number of hydrogen-bond donors (Lipinski definition) is 2. The van der Waals surface area contributed by atoms with Crippen molar-refractivity contribution in [3.8, 4) is 0 Å². The SMILES string of the molecule is O=C(O)CNc1ccc2scnc2n1. The van der Waals surface area contributed by atoms with Crippen LogP contribution in [-0.2, 0) is 4.79 Å². The molecule has 0 saturated carbocycles. The molecule has 0 radical (unpaired) electrons. The van der Waals surface area contributed by atoms with E-state index in [-0.39, 0.29) is 6.54 Å². The molecule has 14 heavy (non-hydrogen) atoms. The van der Waals surface area contributed by atoms with Crippen molar-refractivity contribution in [1.29, 1.82) is 0 Å². The number of pyridine rings is 1. The maximum atomic E-state index is 10.3. The van der Waals surface area contributed by atoms with Gasteiger partial charge in [-0.05, 0) is 12.1 Å². The number of carboxylic acid groups (broad SMARTS) is 1. The van der Waals surface area contributed by atoms with E-state index in [4.69, 9.17) is 5.11 Å². The van der Waals surface area contributed by atoms with Gasteiger partial charge in [0.1, 0.15) is 12.4 Å². The zero-order valence-electron chi connectivity index (χ0n) is 7.10. The van der Waals surface area contributed by atoms with Gasteiger partial charge in [0.2, 0.25) is 0 Å². The fourth-order valence-corrected chi connectivity index (χ4v) is 1.63. The van der Waals surface area contributed by atoms with Crippen LogP contribution in [0.3, 0.4) is 0 Å². The van der Waals surface area contributed by atoms with Crippen LogP contribution in [0.1, 0.15) is 0 Å². The number of fused-ring (bicyclic) bond motifs is 1. The minimum Gasteiger partial charge on any atom is -0.480 e. The third-order valence-electron chi connectivity index (χ3n) is 1.61. The van der Waals surface area contributed by atoms with Crippen LogP contribution in [0.5, 0.6) is 0 Å². The summed E-state index contributed by atoms with van der Waals surface area (Å²) in [5.74, 6) is -0.379. The quantitative estimate of drug-likeness (QED) is 0.794. The highest BCUT2D eigenvalue weighted by molar-refractivity contribution is 7.16. The van der Waals surface area contributed by atoms with Gasteiger partial charge in [-0.15, -0.1) is 11.3 Å². The first kappa shape index (κ1) is 8.89. The summed E-state index contributed by atoms with van der Waals surface area (Å²) in [5, 5.41) is 11.1. The first-order chi connectivity index (χ1) is 6.75. The zero-order chi connectivity index (χ0) is 9.97. The second kappa shape index (κ2) is 3.59. The normalized spacial score (nSPS) is 10.3. The molecular weight excluding hydrogens is 202 g/mol. The molecule has 2 rings (SSSR count). The summed E-state index contributed by atoms with van der Waals surface area (Å²) < 4.78 is 0.992. The molecule has 0 bridgehead atoms. The molecule has 2 aromatic heterocycles. The molecule has 0 aliphatic heterocycles. The predicted molar refractivity (Wildman–Crippen MR) is 53.5 cm³/mol. The van der Waals surface area contributed by atoms with E-state index in [1.54, 1.807) is 11.6 Å². The maximum Gasteiger partial charge on any atom is 0.322 e. The highest BCUT2D eigenvalue weighted by Gasteiger charge is 2.01. The summed E-state index contributed by atoms with van der Waals surface area (Å²) in [5.41, 5.74) is 2.35. The first-order valence-corrected chi connectivity index (χ1v) is 4.79. The van der Waals surface area contributed by atoms with Gasteiger partial charge >= 0.3 is 5.97 Å². The van der Waals surface area contributed by atoms with E-state index >= 15 is 0 Å². The highest BCUT2D eigenvalue weighted by atomic mass is 32.1. The van der Waals surface area contributed by atoms with Crippen molar-refractivity contribution in [1.82, 2.24) is 9.97 Å². The van der Waals surface area contributed by atoms with Crippen LogP contribution in [0.15, 0.2) is 17.6 Å². The summed E-state index contributed by atoms with van der Waals surface area (Å²) in [6.45, 7) is -0.136. The number of aliphatic carboxylic acids is 1. The number of nitrogens with zero attached hydrogens (tertiary/aromatic N) is 2. The Bertz CT molecular complexity index is 468. The van der Waals surface area contributed by atoms with Crippen molar-refractivity contribution in [2.75, 3.05) is 11.9 Å². The van der Waals surface area contributed by atoms with E-state index in [0.29, 0.717) is 11.5 Å². The summed E-state index contributed by atoms with van der Waals surface area (Å²) in [4.78, 5) is 18.4. The summed E-state index contributed by atoms with van der Waals surface area (Å²) in [6.07, 6.45) is 0. The molecule has 0 unspecified atom stereocenters. The Kier molecular flexibility index (Phi) is 2.28. The van der Waals surface area contributed by atoms with E-state index in [2.05, 4.69) is 15.3 Å². The average molecular weight is 209 g/mol. The molecule has 0 aromatic carbocycles. The van der Waals surface area contributed by atoms with Gasteiger partial charge < -0.3 is 10.4 Å².